The second-order valence-corrected chi connectivity index (χ2v) is 12.4. The molecule has 0 radical (unpaired) electrons. The summed E-state index contributed by atoms with van der Waals surface area (Å²) in [4.78, 5) is 0. The molecule has 2 nitrogen and oxygen atoms in total. The van der Waals surface area contributed by atoms with E-state index in [1.165, 1.54) is 11.1 Å². The normalized spacial score (nSPS) is 16.1. The Kier molecular flexibility index (Phi) is 4.14. The van der Waals surface area contributed by atoms with Gasteiger partial charge in [-0.1, -0.05) is 20.8 Å². The average molecular weight is 342 g/mol. The Hall–Kier alpha value is -0.323. The molecule has 0 atom stereocenters. The fourth-order valence-corrected chi connectivity index (χ4v) is 3.63. The number of hydrogen-bond donors (Lipinski definition) is 1. The second-order valence-electron chi connectivity index (χ2n) is 6.84. The molecule has 2 rings (SSSR count). The molecular weight excluding hydrogens is 318 g/mol. The van der Waals surface area contributed by atoms with E-state index >= 15 is 0 Å². The van der Waals surface area contributed by atoms with Crippen LogP contribution in [0.5, 0.6) is 5.75 Å². The summed E-state index contributed by atoms with van der Waals surface area (Å²) in [7, 11) is -1.77. The van der Waals surface area contributed by atoms with Crippen LogP contribution in [-0.2, 0) is 13.0 Å². The lowest BCUT2D eigenvalue weighted by Crippen LogP contribution is -2.44. The average Bonchev–Trinajstić information content (AvgIpc) is 2.28. The monoisotopic (exact) mass is 341 g/mol. The first kappa shape index (κ1) is 15.1. The molecule has 0 aromatic heterocycles. The van der Waals surface area contributed by atoms with Gasteiger partial charge in [0, 0.05) is 6.54 Å². The maximum atomic E-state index is 6.43. The van der Waals surface area contributed by atoms with Crippen LogP contribution in [0.4, 0.5) is 0 Å². The van der Waals surface area contributed by atoms with Crippen LogP contribution in [0.3, 0.4) is 0 Å². The van der Waals surface area contributed by atoms with Gasteiger partial charge in [-0.05, 0) is 70.3 Å². The van der Waals surface area contributed by atoms with E-state index in [0.717, 1.165) is 29.7 Å². The van der Waals surface area contributed by atoms with Crippen molar-refractivity contribution < 1.29 is 4.43 Å². The van der Waals surface area contributed by atoms with Crippen molar-refractivity contribution in [3.05, 3.63) is 27.7 Å². The quantitative estimate of drug-likeness (QED) is 0.800. The Balaban J connectivity index is 2.31. The largest absolute Gasteiger partial charge is 0.543 e. The summed E-state index contributed by atoms with van der Waals surface area (Å²) < 4.78 is 7.52. The van der Waals surface area contributed by atoms with Crippen LogP contribution in [0.15, 0.2) is 16.6 Å². The number of hydrogen-bond acceptors (Lipinski definition) is 2. The molecule has 4 heteroatoms. The van der Waals surface area contributed by atoms with Gasteiger partial charge in [0.2, 0.25) is 0 Å². The predicted octanol–water partition coefficient (Wildman–Crippen LogP) is 4.48. The van der Waals surface area contributed by atoms with Crippen LogP contribution in [0.2, 0.25) is 18.1 Å². The lowest BCUT2D eigenvalue weighted by atomic mass is 10.0. The summed E-state index contributed by atoms with van der Waals surface area (Å²) in [5.41, 5.74) is 2.82. The van der Waals surface area contributed by atoms with Gasteiger partial charge >= 0.3 is 0 Å². The Morgan fingerprint density at radius 2 is 1.89 bits per heavy atom. The van der Waals surface area contributed by atoms with Gasteiger partial charge in [-0.3, -0.25) is 0 Å². The van der Waals surface area contributed by atoms with Gasteiger partial charge < -0.3 is 9.74 Å². The van der Waals surface area contributed by atoms with Crippen molar-refractivity contribution in [2.24, 2.45) is 0 Å². The van der Waals surface area contributed by atoms with E-state index in [1.54, 1.807) is 0 Å². The first-order valence-electron chi connectivity index (χ1n) is 6.92. The molecule has 1 N–H and O–H groups in total. The molecule has 0 fully saturated rings. The van der Waals surface area contributed by atoms with E-state index in [4.69, 9.17) is 4.43 Å². The molecule has 1 aromatic rings. The minimum atomic E-state index is -1.77. The van der Waals surface area contributed by atoms with E-state index in [-0.39, 0.29) is 5.04 Å². The Morgan fingerprint density at radius 1 is 1.21 bits per heavy atom. The van der Waals surface area contributed by atoms with Gasteiger partial charge in [-0.2, -0.15) is 0 Å². The standard InChI is InChI=1S/C15H24BrNOSi/c1-15(2,3)19(4,5)18-14-9-12-10-17-7-6-11(12)8-13(14)16/h8-9,17H,6-7,10H2,1-5H3. The molecular formula is C15H24BrNOSi. The molecule has 1 aliphatic rings. The number of halogens is 1. The minimum absolute atomic E-state index is 0.223. The minimum Gasteiger partial charge on any atom is -0.543 e. The smallest absolute Gasteiger partial charge is 0.250 e. The topological polar surface area (TPSA) is 21.3 Å². The van der Waals surface area contributed by atoms with E-state index in [1.807, 2.05) is 0 Å². The number of nitrogens with one attached hydrogen (secondary N) is 1. The Labute approximate surface area is 126 Å². The van der Waals surface area contributed by atoms with E-state index < -0.39 is 8.32 Å². The lowest BCUT2D eigenvalue weighted by Gasteiger charge is -2.37. The lowest BCUT2D eigenvalue weighted by molar-refractivity contribution is 0.487. The van der Waals surface area contributed by atoms with Crippen molar-refractivity contribution in [1.82, 2.24) is 5.32 Å². The third-order valence-corrected chi connectivity index (χ3v) is 9.27. The first-order chi connectivity index (χ1) is 8.71. The van der Waals surface area contributed by atoms with Crippen molar-refractivity contribution in [1.29, 1.82) is 0 Å². The summed E-state index contributed by atoms with van der Waals surface area (Å²) in [6.45, 7) is 13.4. The van der Waals surface area contributed by atoms with E-state index in [0.29, 0.717) is 0 Å². The van der Waals surface area contributed by atoms with Gasteiger partial charge in [-0.25, -0.2) is 0 Å². The zero-order chi connectivity index (χ0) is 14.3. The van der Waals surface area contributed by atoms with Gasteiger partial charge in [0.1, 0.15) is 5.75 Å². The highest BCUT2D eigenvalue weighted by atomic mass is 79.9. The summed E-state index contributed by atoms with van der Waals surface area (Å²) in [6.07, 6.45) is 1.11. The van der Waals surface area contributed by atoms with Crippen molar-refractivity contribution >= 4 is 24.2 Å². The molecule has 1 heterocycles. The second kappa shape index (κ2) is 5.22. The zero-order valence-electron chi connectivity index (χ0n) is 12.6. The number of benzene rings is 1. The van der Waals surface area contributed by atoms with Crippen LogP contribution in [0.1, 0.15) is 31.9 Å². The van der Waals surface area contributed by atoms with Crippen molar-refractivity contribution in [2.45, 2.75) is 51.9 Å². The van der Waals surface area contributed by atoms with E-state index in [2.05, 4.69) is 67.2 Å². The molecule has 0 amide bonds. The van der Waals surface area contributed by atoms with Crippen LogP contribution in [-0.4, -0.2) is 14.9 Å². The highest BCUT2D eigenvalue weighted by Crippen LogP contribution is 2.40. The molecule has 19 heavy (non-hydrogen) atoms. The maximum absolute atomic E-state index is 6.43. The fraction of sp³-hybridized carbons (Fsp3) is 0.600. The summed E-state index contributed by atoms with van der Waals surface area (Å²) in [5, 5.41) is 3.64. The Bertz CT molecular complexity index is 480. The molecule has 0 saturated heterocycles. The van der Waals surface area contributed by atoms with Gasteiger partial charge in [0.15, 0.2) is 0 Å². The number of rotatable bonds is 2. The predicted molar refractivity (Wildman–Crippen MR) is 87.4 cm³/mol. The molecule has 1 aromatic carbocycles. The van der Waals surface area contributed by atoms with Crippen LogP contribution >= 0.6 is 15.9 Å². The fourth-order valence-electron chi connectivity index (χ4n) is 1.99. The third kappa shape index (κ3) is 3.23. The first-order valence-corrected chi connectivity index (χ1v) is 10.6. The maximum Gasteiger partial charge on any atom is 0.250 e. The van der Waals surface area contributed by atoms with Gasteiger partial charge in [0.05, 0.1) is 4.47 Å². The van der Waals surface area contributed by atoms with Crippen LogP contribution in [0, 0.1) is 0 Å². The van der Waals surface area contributed by atoms with Gasteiger partial charge in [-0.15, -0.1) is 0 Å². The Morgan fingerprint density at radius 3 is 2.53 bits per heavy atom. The molecule has 1 aliphatic heterocycles. The molecule has 0 spiro atoms. The molecule has 0 unspecified atom stereocenters. The van der Waals surface area contributed by atoms with Crippen LogP contribution in [0.25, 0.3) is 0 Å². The van der Waals surface area contributed by atoms with Crippen molar-refractivity contribution in [2.75, 3.05) is 6.54 Å². The molecule has 0 saturated carbocycles. The summed E-state index contributed by atoms with van der Waals surface area (Å²) >= 11 is 3.67. The van der Waals surface area contributed by atoms with E-state index in [9.17, 15) is 0 Å². The number of fused-ring (bicyclic) bond motifs is 1. The summed E-state index contributed by atoms with van der Waals surface area (Å²) in [6, 6.07) is 4.45. The highest BCUT2D eigenvalue weighted by molar-refractivity contribution is 9.10. The molecule has 106 valence electrons. The summed E-state index contributed by atoms with van der Waals surface area (Å²) in [5.74, 6) is 1.01. The molecule has 0 bridgehead atoms. The van der Waals surface area contributed by atoms with Gasteiger partial charge in [0.25, 0.3) is 8.32 Å². The van der Waals surface area contributed by atoms with Crippen LogP contribution < -0.4 is 9.74 Å². The molecule has 0 aliphatic carbocycles. The highest BCUT2D eigenvalue weighted by Gasteiger charge is 2.39. The SMILES string of the molecule is CC(C)(C)[Si](C)(C)Oc1cc2c(cc1Br)CCNC2. The zero-order valence-corrected chi connectivity index (χ0v) is 15.1. The third-order valence-electron chi connectivity index (χ3n) is 4.31. The van der Waals surface area contributed by atoms with Crippen molar-refractivity contribution in [3.63, 3.8) is 0 Å². The van der Waals surface area contributed by atoms with Crippen molar-refractivity contribution in [3.8, 4) is 5.75 Å².